The minimum absolute atomic E-state index is 0.0328. The maximum absolute atomic E-state index is 11.4. The second kappa shape index (κ2) is 5.69. The first-order valence-corrected chi connectivity index (χ1v) is 8.47. The SMILES string of the molecule is CC(N)Cc1c(Cl)cccc1OC1CCS(=O)(=O)C1. The van der Waals surface area contributed by atoms with Crippen LogP contribution in [0, 0.1) is 0 Å². The number of nitrogens with two attached hydrogens (primary N) is 1. The van der Waals surface area contributed by atoms with Gasteiger partial charge in [0.25, 0.3) is 0 Å². The van der Waals surface area contributed by atoms with Gasteiger partial charge in [-0.25, -0.2) is 8.42 Å². The van der Waals surface area contributed by atoms with Crippen molar-refractivity contribution in [3.8, 4) is 5.75 Å². The topological polar surface area (TPSA) is 69.4 Å². The van der Waals surface area contributed by atoms with Gasteiger partial charge in [-0.15, -0.1) is 0 Å². The fourth-order valence-electron chi connectivity index (χ4n) is 2.20. The van der Waals surface area contributed by atoms with E-state index in [2.05, 4.69) is 0 Å². The maximum Gasteiger partial charge on any atom is 0.154 e. The van der Waals surface area contributed by atoms with Crippen LogP contribution in [0.5, 0.6) is 5.75 Å². The van der Waals surface area contributed by atoms with Crippen LogP contribution < -0.4 is 10.5 Å². The zero-order valence-electron chi connectivity index (χ0n) is 10.8. The summed E-state index contributed by atoms with van der Waals surface area (Å²) in [5, 5.41) is 0.607. The van der Waals surface area contributed by atoms with E-state index in [1.165, 1.54) is 0 Å². The number of hydrogen-bond acceptors (Lipinski definition) is 4. The number of rotatable bonds is 4. The lowest BCUT2D eigenvalue weighted by Crippen LogP contribution is -2.21. The summed E-state index contributed by atoms with van der Waals surface area (Å²) in [5.74, 6) is 0.921. The molecule has 1 aliphatic rings. The molecule has 19 heavy (non-hydrogen) atoms. The molecule has 6 heteroatoms. The molecule has 1 aromatic carbocycles. The molecule has 0 spiro atoms. The van der Waals surface area contributed by atoms with Crippen molar-refractivity contribution in [2.75, 3.05) is 11.5 Å². The highest BCUT2D eigenvalue weighted by Gasteiger charge is 2.30. The molecule has 0 saturated carbocycles. The Labute approximate surface area is 118 Å². The van der Waals surface area contributed by atoms with Crippen molar-refractivity contribution in [2.45, 2.75) is 31.9 Å². The summed E-state index contributed by atoms with van der Waals surface area (Å²) >= 11 is 6.16. The van der Waals surface area contributed by atoms with Crippen LogP contribution in [0.1, 0.15) is 18.9 Å². The first-order chi connectivity index (χ1) is 8.87. The molecule has 106 valence electrons. The maximum atomic E-state index is 11.4. The predicted molar refractivity (Wildman–Crippen MR) is 76.5 cm³/mol. The fraction of sp³-hybridized carbons (Fsp3) is 0.538. The second-order valence-electron chi connectivity index (χ2n) is 5.04. The van der Waals surface area contributed by atoms with Crippen LogP contribution in [-0.4, -0.2) is 32.1 Å². The van der Waals surface area contributed by atoms with Crippen LogP contribution in [-0.2, 0) is 16.3 Å². The Morgan fingerprint density at radius 3 is 2.84 bits per heavy atom. The number of hydrogen-bond donors (Lipinski definition) is 1. The molecule has 0 aliphatic carbocycles. The predicted octanol–water partition coefficient (Wildman–Crippen LogP) is 1.80. The van der Waals surface area contributed by atoms with E-state index in [1.807, 2.05) is 13.0 Å². The molecular weight excluding hydrogens is 286 g/mol. The van der Waals surface area contributed by atoms with E-state index in [4.69, 9.17) is 22.1 Å². The van der Waals surface area contributed by atoms with E-state index in [0.29, 0.717) is 23.6 Å². The lowest BCUT2D eigenvalue weighted by Gasteiger charge is -2.17. The van der Waals surface area contributed by atoms with Gasteiger partial charge in [-0.1, -0.05) is 17.7 Å². The van der Waals surface area contributed by atoms with E-state index >= 15 is 0 Å². The Morgan fingerprint density at radius 1 is 1.53 bits per heavy atom. The van der Waals surface area contributed by atoms with Gasteiger partial charge < -0.3 is 10.5 Å². The first kappa shape index (κ1) is 14.6. The monoisotopic (exact) mass is 303 g/mol. The lowest BCUT2D eigenvalue weighted by molar-refractivity contribution is 0.226. The van der Waals surface area contributed by atoms with E-state index in [1.54, 1.807) is 12.1 Å². The highest BCUT2D eigenvalue weighted by Crippen LogP contribution is 2.30. The summed E-state index contributed by atoms with van der Waals surface area (Å²) in [6.07, 6.45) is 0.858. The van der Waals surface area contributed by atoms with Crippen LogP contribution in [0.3, 0.4) is 0 Å². The molecule has 1 fully saturated rings. The average Bonchev–Trinajstić information content (AvgIpc) is 2.63. The van der Waals surface area contributed by atoms with Crippen molar-refractivity contribution in [2.24, 2.45) is 5.73 Å². The van der Waals surface area contributed by atoms with Gasteiger partial charge in [0, 0.05) is 16.6 Å². The Balaban J connectivity index is 2.18. The summed E-state index contributed by atoms with van der Waals surface area (Å²) < 4.78 is 28.7. The molecule has 1 aliphatic heterocycles. The third-order valence-electron chi connectivity index (χ3n) is 3.09. The van der Waals surface area contributed by atoms with Gasteiger partial charge in [-0.2, -0.15) is 0 Å². The molecule has 2 N–H and O–H groups in total. The number of ether oxygens (including phenoxy) is 1. The zero-order chi connectivity index (χ0) is 14.0. The van der Waals surface area contributed by atoms with Crippen molar-refractivity contribution < 1.29 is 13.2 Å². The minimum Gasteiger partial charge on any atom is -0.489 e. The lowest BCUT2D eigenvalue weighted by atomic mass is 10.1. The van der Waals surface area contributed by atoms with Crippen LogP contribution in [0.25, 0.3) is 0 Å². The van der Waals surface area contributed by atoms with Gasteiger partial charge in [-0.3, -0.25) is 0 Å². The highest BCUT2D eigenvalue weighted by atomic mass is 35.5. The van der Waals surface area contributed by atoms with Crippen molar-refractivity contribution in [1.82, 2.24) is 0 Å². The van der Waals surface area contributed by atoms with E-state index in [9.17, 15) is 8.42 Å². The van der Waals surface area contributed by atoms with E-state index < -0.39 is 9.84 Å². The van der Waals surface area contributed by atoms with Gasteiger partial charge in [-0.05, 0) is 31.9 Å². The Morgan fingerprint density at radius 2 is 2.26 bits per heavy atom. The van der Waals surface area contributed by atoms with Crippen molar-refractivity contribution in [1.29, 1.82) is 0 Å². The van der Waals surface area contributed by atoms with Crippen LogP contribution in [0.4, 0.5) is 0 Å². The standard InChI is InChI=1S/C13H18ClNO3S/c1-9(15)7-11-12(14)3-2-4-13(11)18-10-5-6-19(16,17)8-10/h2-4,9-10H,5-8,15H2,1H3. The van der Waals surface area contributed by atoms with Gasteiger partial charge in [0.15, 0.2) is 9.84 Å². The average molecular weight is 304 g/mol. The third-order valence-corrected chi connectivity index (χ3v) is 5.18. The summed E-state index contributed by atoms with van der Waals surface area (Å²) in [6.45, 7) is 1.90. The Bertz CT molecular complexity index is 557. The molecule has 0 aromatic heterocycles. The molecule has 0 amide bonds. The molecule has 2 unspecified atom stereocenters. The summed E-state index contributed by atoms with van der Waals surface area (Å²) in [6, 6.07) is 5.37. The molecule has 0 radical (unpaired) electrons. The number of halogens is 1. The van der Waals surface area contributed by atoms with E-state index in [0.717, 1.165) is 5.56 Å². The van der Waals surface area contributed by atoms with Crippen molar-refractivity contribution in [3.05, 3.63) is 28.8 Å². The van der Waals surface area contributed by atoms with E-state index in [-0.39, 0.29) is 23.7 Å². The second-order valence-corrected chi connectivity index (χ2v) is 7.68. The van der Waals surface area contributed by atoms with Crippen LogP contribution in [0.15, 0.2) is 18.2 Å². The molecule has 1 saturated heterocycles. The molecule has 1 heterocycles. The zero-order valence-corrected chi connectivity index (χ0v) is 12.4. The fourth-order valence-corrected chi connectivity index (χ4v) is 4.04. The Hall–Kier alpha value is -0.780. The smallest absolute Gasteiger partial charge is 0.154 e. The minimum atomic E-state index is -2.94. The summed E-state index contributed by atoms with van der Waals surface area (Å²) in [5.41, 5.74) is 6.65. The van der Waals surface area contributed by atoms with Gasteiger partial charge in [0.2, 0.25) is 0 Å². The summed E-state index contributed by atoms with van der Waals surface area (Å²) in [7, 11) is -2.94. The van der Waals surface area contributed by atoms with Gasteiger partial charge in [0.05, 0.1) is 11.5 Å². The van der Waals surface area contributed by atoms with Crippen LogP contribution in [0.2, 0.25) is 5.02 Å². The normalized spacial score (nSPS) is 23.2. The molecular formula is C13H18ClNO3S. The van der Waals surface area contributed by atoms with Crippen molar-refractivity contribution in [3.63, 3.8) is 0 Å². The quantitative estimate of drug-likeness (QED) is 0.921. The first-order valence-electron chi connectivity index (χ1n) is 6.27. The summed E-state index contributed by atoms with van der Waals surface area (Å²) in [4.78, 5) is 0. The Kier molecular flexibility index (Phi) is 4.38. The molecule has 0 bridgehead atoms. The van der Waals surface area contributed by atoms with Gasteiger partial charge in [0.1, 0.15) is 11.9 Å². The largest absolute Gasteiger partial charge is 0.489 e. The molecule has 2 rings (SSSR count). The third kappa shape index (κ3) is 3.84. The van der Waals surface area contributed by atoms with Crippen LogP contribution >= 0.6 is 11.6 Å². The number of benzene rings is 1. The molecule has 2 atom stereocenters. The highest BCUT2D eigenvalue weighted by molar-refractivity contribution is 7.91. The number of sulfone groups is 1. The molecule has 4 nitrogen and oxygen atoms in total. The van der Waals surface area contributed by atoms with Crippen molar-refractivity contribution >= 4 is 21.4 Å². The molecule has 1 aromatic rings. The van der Waals surface area contributed by atoms with Gasteiger partial charge >= 0.3 is 0 Å².